The van der Waals surface area contributed by atoms with Crippen molar-refractivity contribution in [3.63, 3.8) is 0 Å². The van der Waals surface area contributed by atoms with Crippen LogP contribution in [0.25, 0.3) is 22.2 Å². The topological polar surface area (TPSA) is 104 Å². The van der Waals surface area contributed by atoms with Gasteiger partial charge in [-0.2, -0.15) is 5.26 Å². The Balaban J connectivity index is 0.000000386. The first-order valence-electron chi connectivity index (χ1n) is 10.8. The second-order valence-corrected chi connectivity index (χ2v) is 7.48. The van der Waals surface area contributed by atoms with Gasteiger partial charge in [0.2, 0.25) is 0 Å². The summed E-state index contributed by atoms with van der Waals surface area (Å²) in [6, 6.07) is 16.0. The van der Waals surface area contributed by atoms with E-state index >= 15 is 0 Å². The van der Waals surface area contributed by atoms with Gasteiger partial charge in [0.1, 0.15) is 0 Å². The van der Waals surface area contributed by atoms with Crippen LogP contribution < -0.4 is 11.1 Å². The van der Waals surface area contributed by atoms with Crippen LogP contribution in [0.4, 0.5) is 0 Å². The number of aliphatic hydroxyl groups is 1. The minimum absolute atomic E-state index is 0.353. The average Bonchev–Trinajstić information content (AvgIpc) is 3.12. The molecule has 2 aromatic carbocycles. The maximum atomic E-state index is 11.5. The summed E-state index contributed by atoms with van der Waals surface area (Å²) in [7, 11) is 8.71. The third-order valence-electron chi connectivity index (χ3n) is 4.78. The second-order valence-electron chi connectivity index (χ2n) is 7.48. The molecular weight excluding hydrogens is 420 g/mol. The van der Waals surface area contributed by atoms with Gasteiger partial charge in [0.05, 0.1) is 24.8 Å². The third kappa shape index (κ3) is 9.60. The molecule has 0 fully saturated rings. The largest absolute Gasteiger partial charge is 0.419 e. The fraction of sp³-hybridized carbons (Fsp3) is 0.440. The highest BCUT2D eigenvalue weighted by atomic mass is 16.5. The number of hydrogen-bond donors (Lipinski definition) is 2. The molecule has 0 aliphatic heterocycles. The Kier molecular flexibility index (Phi) is 13.4. The predicted molar refractivity (Wildman–Crippen MR) is 132 cm³/mol. The van der Waals surface area contributed by atoms with Crippen LogP contribution in [0.5, 0.6) is 0 Å². The third-order valence-corrected chi connectivity index (χ3v) is 4.78. The molecule has 0 amide bonds. The Bertz CT molecular complexity index is 1030. The number of rotatable bonds is 9. The standard InChI is InChI=1S/C17H14N2O2.C7H18N2O.CH4O/c1-19-15-11-14(8-9-16(15)21-17(19)20)13-6-4-12(5-7-13)3-2-10-18;1-8-4-6-10-7-5-9(2)3;1-2/h4-9,11H,2-3H2,1H3;8H,4-7H2,1-3H3;2H,1H3. The van der Waals surface area contributed by atoms with Crippen molar-refractivity contribution in [1.29, 1.82) is 5.26 Å². The Hall–Kier alpha value is -2.96. The van der Waals surface area contributed by atoms with Crippen molar-refractivity contribution in [3.05, 3.63) is 58.6 Å². The van der Waals surface area contributed by atoms with Crippen molar-refractivity contribution in [1.82, 2.24) is 14.8 Å². The molecule has 0 aliphatic rings. The van der Waals surface area contributed by atoms with E-state index in [0.717, 1.165) is 62.0 Å². The number of fused-ring (bicyclic) bond motifs is 1. The van der Waals surface area contributed by atoms with E-state index in [1.807, 2.05) is 63.6 Å². The van der Waals surface area contributed by atoms with E-state index in [1.54, 1.807) is 7.05 Å². The first-order chi connectivity index (χ1) is 16.0. The van der Waals surface area contributed by atoms with Crippen LogP contribution in [-0.4, -0.2) is 69.1 Å². The summed E-state index contributed by atoms with van der Waals surface area (Å²) in [5.74, 6) is -0.353. The van der Waals surface area contributed by atoms with Gasteiger partial charge in [0.25, 0.3) is 0 Å². The lowest BCUT2D eigenvalue weighted by atomic mass is 10.0. The number of oxazole rings is 1. The lowest BCUT2D eigenvalue weighted by Gasteiger charge is -2.09. The van der Waals surface area contributed by atoms with Gasteiger partial charge < -0.3 is 24.5 Å². The van der Waals surface area contributed by atoms with E-state index in [-0.39, 0.29) is 5.76 Å². The molecule has 3 rings (SSSR count). The van der Waals surface area contributed by atoms with Crippen LogP contribution >= 0.6 is 0 Å². The Morgan fingerprint density at radius 1 is 1.12 bits per heavy atom. The quantitative estimate of drug-likeness (QED) is 0.477. The fourth-order valence-corrected chi connectivity index (χ4v) is 2.89. The van der Waals surface area contributed by atoms with E-state index < -0.39 is 0 Å². The molecule has 2 N–H and O–H groups in total. The highest BCUT2D eigenvalue weighted by molar-refractivity contribution is 5.80. The summed E-state index contributed by atoms with van der Waals surface area (Å²) in [4.78, 5) is 13.6. The molecule has 1 aromatic heterocycles. The fourth-order valence-electron chi connectivity index (χ4n) is 2.89. The smallest absolute Gasteiger partial charge is 0.408 e. The molecule has 33 heavy (non-hydrogen) atoms. The zero-order valence-electron chi connectivity index (χ0n) is 20.3. The van der Waals surface area contributed by atoms with E-state index in [1.165, 1.54) is 4.57 Å². The highest BCUT2D eigenvalue weighted by Gasteiger charge is 2.07. The van der Waals surface area contributed by atoms with Gasteiger partial charge in [0, 0.05) is 33.7 Å². The minimum Gasteiger partial charge on any atom is -0.408 e. The molecule has 0 saturated heterocycles. The molecular formula is C25H36N4O4. The molecule has 3 aromatic rings. The highest BCUT2D eigenvalue weighted by Crippen LogP contribution is 2.24. The van der Waals surface area contributed by atoms with E-state index in [2.05, 4.69) is 16.3 Å². The first kappa shape index (κ1) is 28.1. The molecule has 8 heteroatoms. The number of ether oxygens (including phenoxy) is 1. The average molecular weight is 457 g/mol. The lowest BCUT2D eigenvalue weighted by Crippen LogP contribution is -2.21. The van der Waals surface area contributed by atoms with Gasteiger partial charge >= 0.3 is 5.76 Å². The van der Waals surface area contributed by atoms with Gasteiger partial charge in [-0.1, -0.05) is 30.3 Å². The maximum absolute atomic E-state index is 11.5. The summed E-state index contributed by atoms with van der Waals surface area (Å²) in [5, 5.41) is 18.6. The van der Waals surface area contributed by atoms with Crippen LogP contribution in [0.3, 0.4) is 0 Å². The van der Waals surface area contributed by atoms with Crippen molar-refractivity contribution in [3.8, 4) is 17.2 Å². The van der Waals surface area contributed by atoms with Crippen LogP contribution in [0, 0.1) is 11.3 Å². The van der Waals surface area contributed by atoms with Crippen molar-refractivity contribution in [2.45, 2.75) is 12.8 Å². The molecule has 0 bridgehead atoms. The van der Waals surface area contributed by atoms with E-state index in [9.17, 15) is 4.79 Å². The van der Waals surface area contributed by atoms with Crippen LogP contribution in [0.2, 0.25) is 0 Å². The Morgan fingerprint density at radius 3 is 2.39 bits per heavy atom. The number of aliphatic hydroxyl groups excluding tert-OH is 1. The minimum atomic E-state index is -0.353. The lowest BCUT2D eigenvalue weighted by molar-refractivity contribution is 0.120. The zero-order valence-corrected chi connectivity index (χ0v) is 20.3. The molecule has 0 spiro atoms. The summed E-state index contributed by atoms with van der Waals surface area (Å²) in [6.07, 6.45) is 1.30. The predicted octanol–water partition coefficient (Wildman–Crippen LogP) is 2.65. The zero-order chi connectivity index (χ0) is 24.6. The number of likely N-dealkylation sites (N-methyl/N-ethyl adjacent to an activating group) is 2. The van der Waals surface area contributed by atoms with Gasteiger partial charge in [-0.25, -0.2) is 4.79 Å². The molecule has 0 aliphatic carbocycles. The number of aromatic nitrogens is 1. The number of aryl methyl sites for hydroxylation is 2. The summed E-state index contributed by atoms with van der Waals surface area (Å²) >= 11 is 0. The molecule has 1 heterocycles. The summed E-state index contributed by atoms with van der Waals surface area (Å²) in [6.45, 7) is 3.58. The number of nitrogens with zero attached hydrogens (tertiary/aromatic N) is 3. The summed E-state index contributed by atoms with van der Waals surface area (Å²) in [5.41, 5.74) is 4.64. The molecule has 8 nitrogen and oxygen atoms in total. The molecule has 0 saturated carbocycles. The van der Waals surface area contributed by atoms with Crippen molar-refractivity contribution >= 4 is 11.1 Å². The van der Waals surface area contributed by atoms with Crippen molar-refractivity contribution in [2.24, 2.45) is 7.05 Å². The van der Waals surface area contributed by atoms with Gasteiger partial charge in [-0.05, 0) is 56.4 Å². The van der Waals surface area contributed by atoms with Gasteiger partial charge in [-0.15, -0.1) is 0 Å². The number of hydrogen-bond acceptors (Lipinski definition) is 7. The van der Waals surface area contributed by atoms with Crippen molar-refractivity contribution < 1.29 is 14.3 Å². The summed E-state index contributed by atoms with van der Waals surface area (Å²) < 4.78 is 11.9. The molecule has 180 valence electrons. The second kappa shape index (κ2) is 15.8. The number of nitrogens with one attached hydrogen (secondary N) is 1. The monoisotopic (exact) mass is 456 g/mol. The van der Waals surface area contributed by atoms with E-state index in [4.69, 9.17) is 19.5 Å². The van der Waals surface area contributed by atoms with E-state index in [0.29, 0.717) is 12.0 Å². The molecule has 0 unspecified atom stereocenters. The number of nitriles is 1. The van der Waals surface area contributed by atoms with Gasteiger partial charge in [0.15, 0.2) is 5.58 Å². The SMILES string of the molecule is CNCCOCCN(C)C.CO.Cn1c(=O)oc2ccc(-c3ccc(CCC#N)cc3)cc21. The Morgan fingerprint density at radius 2 is 1.79 bits per heavy atom. The molecule has 0 atom stereocenters. The van der Waals surface area contributed by atoms with Gasteiger partial charge in [-0.3, -0.25) is 4.57 Å². The van der Waals surface area contributed by atoms with Crippen molar-refractivity contribution in [2.75, 3.05) is 54.6 Å². The van der Waals surface area contributed by atoms with Crippen LogP contribution in [-0.2, 0) is 18.2 Å². The maximum Gasteiger partial charge on any atom is 0.419 e. The molecule has 0 radical (unpaired) electrons. The Labute approximate surface area is 196 Å². The van der Waals surface area contributed by atoms with Crippen LogP contribution in [0.15, 0.2) is 51.7 Å². The normalized spacial score (nSPS) is 10.2. The van der Waals surface area contributed by atoms with Crippen LogP contribution in [0.1, 0.15) is 12.0 Å². The number of benzene rings is 2. The first-order valence-corrected chi connectivity index (χ1v) is 10.8.